The van der Waals surface area contributed by atoms with Gasteiger partial charge in [-0.15, -0.1) is 0 Å². The van der Waals surface area contributed by atoms with Crippen LogP contribution in [0.4, 0.5) is 0 Å². The summed E-state index contributed by atoms with van der Waals surface area (Å²) in [4.78, 5) is 6.26. The first kappa shape index (κ1) is 16.2. The van der Waals surface area contributed by atoms with Gasteiger partial charge in [-0.05, 0) is 36.9 Å². The Kier molecular flexibility index (Phi) is 4.93. The molecule has 0 fully saturated rings. The monoisotopic (exact) mass is 329 g/mol. The first-order valence-electron chi connectivity index (χ1n) is 7.52. The summed E-state index contributed by atoms with van der Waals surface area (Å²) in [6.45, 7) is 0.382. The predicted molar refractivity (Wildman–Crippen MR) is 86.3 cm³/mol. The molecule has 3 rings (SSSR count). The van der Waals surface area contributed by atoms with E-state index in [9.17, 15) is 5.11 Å². The van der Waals surface area contributed by atoms with Gasteiger partial charge < -0.3 is 18.8 Å². The van der Waals surface area contributed by atoms with Crippen LogP contribution in [-0.2, 0) is 6.54 Å². The van der Waals surface area contributed by atoms with Crippen molar-refractivity contribution in [1.29, 1.82) is 0 Å². The molecule has 2 heterocycles. The number of benzene rings is 1. The molecular formula is C17H19N3O4. The van der Waals surface area contributed by atoms with E-state index in [4.69, 9.17) is 13.7 Å². The van der Waals surface area contributed by atoms with Gasteiger partial charge in [-0.3, -0.25) is 4.90 Å². The van der Waals surface area contributed by atoms with Gasteiger partial charge in [0.2, 0.25) is 11.7 Å². The average Bonchev–Trinajstić information content (AvgIpc) is 3.27. The van der Waals surface area contributed by atoms with Gasteiger partial charge in [0.1, 0.15) is 5.75 Å². The van der Waals surface area contributed by atoms with Crippen molar-refractivity contribution in [2.75, 3.05) is 20.8 Å². The third-order valence-electron chi connectivity index (χ3n) is 3.80. The molecule has 0 spiro atoms. The number of aromatic nitrogens is 2. The van der Waals surface area contributed by atoms with Crippen LogP contribution in [0.2, 0.25) is 0 Å². The molecule has 1 atom stereocenters. The lowest BCUT2D eigenvalue weighted by Crippen LogP contribution is -2.27. The van der Waals surface area contributed by atoms with Gasteiger partial charge in [0.15, 0.2) is 5.76 Å². The Morgan fingerprint density at radius 1 is 1.25 bits per heavy atom. The zero-order valence-corrected chi connectivity index (χ0v) is 13.5. The summed E-state index contributed by atoms with van der Waals surface area (Å²) in [6.07, 6.45) is 1.56. The molecule has 0 bridgehead atoms. The van der Waals surface area contributed by atoms with E-state index in [0.29, 0.717) is 24.0 Å². The summed E-state index contributed by atoms with van der Waals surface area (Å²) in [5.74, 6) is 2.20. The zero-order valence-electron chi connectivity index (χ0n) is 13.5. The normalized spacial score (nSPS) is 12.5. The van der Waals surface area contributed by atoms with Crippen LogP contribution in [0.25, 0.3) is 11.6 Å². The number of furan rings is 1. The van der Waals surface area contributed by atoms with E-state index in [-0.39, 0.29) is 12.6 Å². The molecule has 3 aromatic rings. The second-order valence-electron chi connectivity index (χ2n) is 5.38. The molecule has 0 aliphatic heterocycles. The standard InChI is InChI=1S/C17H19N3O4/c1-20(14(11-21)12-5-7-13(22-2)8-6-12)10-16-18-17(19-24-16)15-4-3-9-23-15/h3-9,14,21H,10-11H2,1-2H3. The molecule has 7 heteroatoms. The van der Waals surface area contributed by atoms with Crippen LogP contribution in [0.15, 0.2) is 51.6 Å². The molecule has 0 saturated heterocycles. The first-order chi connectivity index (χ1) is 11.7. The highest BCUT2D eigenvalue weighted by Crippen LogP contribution is 2.23. The number of likely N-dealkylation sites (N-methyl/N-ethyl adjacent to an activating group) is 1. The number of hydrogen-bond donors (Lipinski definition) is 1. The minimum Gasteiger partial charge on any atom is -0.497 e. The maximum atomic E-state index is 9.76. The fourth-order valence-electron chi connectivity index (χ4n) is 2.47. The highest BCUT2D eigenvalue weighted by Gasteiger charge is 2.20. The van der Waals surface area contributed by atoms with Gasteiger partial charge in [-0.25, -0.2) is 0 Å². The van der Waals surface area contributed by atoms with Crippen molar-refractivity contribution in [3.05, 3.63) is 54.1 Å². The lowest BCUT2D eigenvalue weighted by atomic mass is 10.1. The zero-order chi connectivity index (χ0) is 16.9. The number of aliphatic hydroxyl groups is 1. The molecule has 0 aliphatic rings. The Morgan fingerprint density at radius 2 is 2.04 bits per heavy atom. The quantitative estimate of drug-likeness (QED) is 0.713. The summed E-state index contributed by atoms with van der Waals surface area (Å²) < 4.78 is 15.7. The summed E-state index contributed by atoms with van der Waals surface area (Å²) in [7, 11) is 3.51. The Labute approximate surface area is 139 Å². The van der Waals surface area contributed by atoms with E-state index in [1.54, 1.807) is 25.5 Å². The van der Waals surface area contributed by atoms with Crippen molar-refractivity contribution in [2.24, 2.45) is 0 Å². The number of ether oxygens (including phenoxy) is 1. The van der Waals surface area contributed by atoms with Crippen LogP contribution in [0.3, 0.4) is 0 Å². The highest BCUT2D eigenvalue weighted by molar-refractivity contribution is 5.44. The fraction of sp³-hybridized carbons (Fsp3) is 0.294. The molecule has 7 nitrogen and oxygen atoms in total. The highest BCUT2D eigenvalue weighted by atomic mass is 16.5. The van der Waals surface area contributed by atoms with Crippen molar-refractivity contribution >= 4 is 0 Å². The molecule has 0 radical (unpaired) electrons. The molecule has 1 N–H and O–H groups in total. The number of methoxy groups -OCH3 is 1. The number of rotatable bonds is 7. The second-order valence-corrected chi connectivity index (χ2v) is 5.38. The molecule has 1 aromatic carbocycles. The first-order valence-corrected chi connectivity index (χ1v) is 7.52. The van der Waals surface area contributed by atoms with Gasteiger partial charge in [-0.1, -0.05) is 17.3 Å². The summed E-state index contributed by atoms with van der Waals surface area (Å²) in [5, 5.41) is 13.7. The van der Waals surface area contributed by atoms with Crippen LogP contribution in [0.1, 0.15) is 17.5 Å². The summed E-state index contributed by atoms with van der Waals surface area (Å²) >= 11 is 0. The maximum absolute atomic E-state index is 9.76. The van der Waals surface area contributed by atoms with Crippen molar-refractivity contribution in [3.63, 3.8) is 0 Å². The maximum Gasteiger partial charge on any atom is 0.241 e. The van der Waals surface area contributed by atoms with Crippen LogP contribution >= 0.6 is 0 Å². The van der Waals surface area contributed by atoms with Gasteiger partial charge in [0.25, 0.3) is 0 Å². The minimum absolute atomic E-state index is 0.0258. The molecule has 1 unspecified atom stereocenters. The van der Waals surface area contributed by atoms with E-state index in [2.05, 4.69) is 10.1 Å². The molecule has 0 aliphatic carbocycles. The van der Waals surface area contributed by atoms with Crippen LogP contribution in [-0.4, -0.2) is 40.9 Å². The van der Waals surface area contributed by atoms with E-state index < -0.39 is 0 Å². The Hall–Kier alpha value is -2.64. The average molecular weight is 329 g/mol. The summed E-state index contributed by atoms with van der Waals surface area (Å²) in [6, 6.07) is 10.9. The number of hydrogen-bond acceptors (Lipinski definition) is 7. The molecule has 24 heavy (non-hydrogen) atoms. The number of nitrogens with zero attached hydrogens (tertiary/aromatic N) is 3. The Morgan fingerprint density at radius 3 is 2.67 bits per heavy atom. The van der Waals surface area contributed by atoms with Crippen molar-refractivity contribution in [2.45, 2.75) is 12.6 Å². The van der Waals surface area contributed by atoms with Crippen molar-refractivity contribution in [1.82, 2.24) is 15.0 Å². The van der Waals surface area contributed by atoms with E-state index in [1.165, 1.54) is 0 Å². The summed E-state index contributed by atoms with van der Waals surface area (Å²) in [5.41, 5.74) is 0.978. The van der Waals surface area contributed by atoms with Crippen LogP contribution in [0.5, 0.6) is 5.75 Å². The molecule has 2 aromatic heterocycles. The van der Waals surface area contributed by atoms with Gasteiger partial charge in [0.05, 0.1) is 32.6 Å². The molecule has 126 valence electrons. The topological polar surface area (TPSA) is 84.8 Å². The third-order valence-corrected chi connectivity index (χ3v) is 3.80. The lowest BCUT2D eigenvalue weighted by molar-refractivity contribution is 0.131. The van der Waals surface area contributed by atoms with E-state index in [1.807, 2.05) is 36.2 Å². The third kappa shape index (κ3) is 3.47. The Balaban J connectivity index is 1.71. The molecule has 0 saturated carbocycles. The van der Waals surface area contributed by atoms with E-state index in [0.717, 1.165) is 11.3 Å². The second kappa shape index (κ2) is 7.29. The predicted octanol–water partition coefficient (Wildman–Crippen LogP) is 2.50. The minimum atomic E-state index is -0.185. The van der Waals surface area contributed by atoms with Crippen LogP contribution in [0, 0.1) is 0 Å². The van der Waals surface area contributed by atoms with E-state index >= 15 is 0 Å². The van der Waals surface area contributed by atoms with Gasteiger partial charge in [0, 0.05) is 0 Å². The SMILES string of the molecule is COc1ccc(C(CO)N(C)Cc2nc(-c3ccco3)no2)cc1. The van der Waals surface area contributed by atoms with Crippen molar-refractivity contribution < 1.29 is 18.8 Å². The van der Waals surface area contributed by atoms with Crippen LogP contribution < -0.4 is 4.74 Å². The fourth-order valence-corrected chi connectivity index (χ4v) is 2.47. The number of aliphatic hydroxyl groups excluding tert-OH is 1. The molecule has 0 amide bonds. The smallest absolute Gasteiger partial charge is 0.241 e. The Bertz CT molecular complexity index is 753. The largest absolute Gasteiger partial charge is 0.497 e. The molecular weight excluding hydrogens is 310 g/mol. The van der Waals surface area contributed by atoms with Gasteiger partial charge in [-0.2, -0.15) is 4.98 Å². The lowest BCUT2D eigenvalue weighted by Gasteiger charge is -2.25. The van der Waals surface area contributed by atoms with Gasteiger partial charge >= 0.3 is 0 Å². The van der Waals surface area contributed by atoms with Crippen molar-refractivity contribution in [3.8, 4) is 17.3 Å².